The molecule has 110 valence electrons. The van der Waals surface area contributed by atoms with Crippen LogP contribution in [0.15, 0.2) is 0 Å². The lowest BCUT2D eigenvalue weighted by molar-refractivity contribution is 0.0265. The molecule has 1 N–H and O–H groups in total. The number of carbonyl (C=O) groups excluding carboxylic acids is 1. The van der Waals surface area contributed by atoms with E-state index in [9.17, 15) is 9.90 Å². The summed E-state index contributed by atoms with van der Waals surface area (Å²) in [6.45, 7) is 6.98. The predicted molar refractivity (Wildman–Crippen MR) is 73.9 cm³/mol. The summed E-state index contributed by atoms with van der Waals surface area (Å²) < 4.78 is 5.36. The maximum atomic E-state index is 11.9. The second-order valence-corrected chi connectivity index (χ2v) is 7.06. The van der Waals surface area contributed by atoms with Gasteiger partial charge in [0.25, 0.3) is 0 Å². The average Bonchev–Trinajstić information content (AvgIpc) is 2.98. The number of aliphatic hydroxyl groups excluding tert-OH is 1. The Balaban J connectivity index is 1.73. The summed E-state index contributed by atoms with van der Waals surface area (Å²) >= 11 is 0. The van der Waals surface area contributed by atoms with Crippen molar-refractivity contribution >= 4 is 6.09 Å². The zero-order valence-electron chi connectivity index (χ0n) is 12.4. The van der Waals surface area contributed by atoms with Crippen LogP contribution in [0.1, 0.15) is 52.9 Å². The second-order valence-electron chi connectivity index (χ2n) is 7.06. The molecular weight excluding hydrogens is 242 g/mol. The van der Waals surface area contributed by atoms with Gasteiger partial charge in [0.05, 0.1) is 6.10 Å². The molecule has 0 aromatic rings. The van der Waals surface area contributed by atoms with Gasteiger partial charge < -0.3 is 14.7 Å². The van der Waals surface area contributed by atoms with E-state index in [1.807, 2.05) is 20.8 Å². The van der Waals surface area contributed by atoms with Gasteiger partial charge in [-0.1, -0.05) is 12.8 Å². The van der Waals surface area contributed by atoms with Gasteiger partial charge in [0.1, 0.15) is 5.60 Å². The van der Waals surface area contributed by atoms with E-state index in [1.165, 1.54) is 12.8 Å². The zero-order valence-corrected chi connectivity index (χ0v) is 12.4. The van der Waals surface area contributed by atoms with Crippen molar-refractivity contribution in [2.75, 3.05) is 13.1 Å². The molecule has 1 amide bonds. The Morgan fingerprint density at radius 2 is 2.05 bits per heavy atom. The maximum absolute atomic E-state index is 11.9. The summed E-state index contributed by atoms with van der Waals surface area (Å²) in [5.41, 5.74) is -0.445. The van der Waals surface area contributed by atoms with E-state index in [2.05, 4.69) is 0 Å². The van der Waals surface area contributed by atoms with Crippen LogP contribution in [0.2, 0.25) is 0 Å². The van der Waals surface area contributed by atoms with Gasteiger partial charge >= 0.3 is 6.09 Å². The molecule has 1 aliphatic carbocycles. The summed E-state index contributed by atoms with van der Waals surface area (Å²) in [4.78, 5) is 13.7. The fraction of sp³-hybridized carbons (Fsp3) is 0.933. The molecule has 4 heteroatoms. The molecule has 0 spiro atoms. The Morgan fingerprint density at radius 3 is 2.63 bits per heavy atom. The van der Waals surface area contributed by atoms with Crippen LogP contribution in [0.3, 0.4) is 0 Å². The van der Waals surface area contributed by atoms with Gasteiger partial charge in [-0.2, -0.15) is 0 Å². The van der Waals surface area contributed by atoms with Crippen molar-refractivity contribution in [3.63, 3.8) is 0 Å². The average molecular weight is 269 g/mol. The number of aliphatic hydroxyl groups is 1. The Hall–Kier alpha value is -0.770. The number of ether oxygens (including phenoxy) is 1. The van der Waals surface area contributed by atoms with E-state index in [-0.39, 0.29) is 18.1 Å². The lowest BCUT2D eigenvalue weighted by Crippen LogP contribution is -2.36. The third-order valence-corrected chi connectivity index (χ3v) is 3.99. The standard InChI is InChI=1S/C15H27NO3/c1-15(2,3)19-14(18)16-9-8-12(10-16)13(17)7-6-11-4-5-11/h11-13,17H,4-10H2,1-3H3. The lowest BCUT2D eigenvalue weighted by Gasteiger charge is -2.25. The minimum absolute atomic E-state index is 0.228. The normalized spacial score (nSPS) is 25.5. The van der Waals surface area contributed by atoms with Gasteiger partial charge in [-0.15, -0.1) is 0 Å². The van der Waals surface area contributed by atoms with Gasteiger partial charge in [0.2, 0.25) is 0 Å². The highest BCUT2D eigenvalue weighted by molar-refractivity contribution is 5.68. The molecule has 1 aliphatic heterocycles. The Bertz CT molecular complexity index is 320. The first-order valence-electron chi connectivity index (χ1n) is 7.51. The molecule has 0 aromatic heterocycles. The minimum Gasteiger partial charge on any atom is -0.444 e. The van der Waals surface area contributed by atoms with Crippen LogP contribution in [-0.4, -0.2) is 40.9 Å². The van der Waals surface area contributed by atoms with Crippen molar-refractivity contribution in [1.82, 2.24) is 4.90 Å². The second kappa shape index (κ2) is 5.70. The van der Waals surface area contributed by atoms with Gasteiger partial charge in [-0.3, -0.25) is 0 Å². The van der Waals surface area contributed by atoms with E-state index in [1.54, 1.807) is 4.90 Å². The highest BCUT2D eigenvalue weighted by Gasteiger charge is 2.34. The molecule has 19 heavy (non-hydrogen) atoms. The molecule has 2 unspecified atom stereocenters. The molecule has 1 heterocycles. The highest BCUT2D eigenvalue weighted by atomic mass is 16.6. The van der Waals surface area contributed by atoms with Crippen LogP contribution >= 0.6 is 0 Å². The first-order valence-corrected chi connectivity index (χ1v) is 7.51. The van der Waals surface area contributed by atoms with Crippen LogP contribution in [-0.2, 0) is 4.74 Å². The topological polar surface area (TPSA) is 49.8 Å². The van der Waals surface area contributed by atoms with Crippen LogP contribution in [0, 0.1) is 11.8 Å². The summed E-state index contributed by atoms with van der Waals surface area (Å²) in [6, 6.07) is 0. The Morgan fingerprint density at radius 1 is 1.37 bits per heavy atom. The first-order chi connectivity index (χ1) is 8.85. The molecule has 4 nitrogen and oxygen atoms in total. The third kappa shape index (κ3) is 4.68. The molecule has 2 rings (SSSR count). The van der Waals surface area contributed by atoms with Crippen molar-refractivity contribution in [2.24, 2.45) is 11.8 Å². The van der Waals surface area contributed by atoms with Crippen LogP contribution in [0.5, 0.6) is 0 Å². The van der Waals surface area contributed by atoms with E-state index < -0.39 is 5.60 Å². The van der Waals surface area contributed by atoms with E-state index in [0.29, 0.717) is 13.1 Å². The van der Waals surface area contributed by atoms with Crippen LogP contribution in [0.25, 0.3) is 0 Å². The van der Waals surface area contributed by atoms with Crippen LogP contribution < -0.4 is 0 Å². The molecular formula is C15H27NO3. The largest absolute Gasteiger partial charge is 0.444 e. The summed E-state index contributed by atoms with van der Waals surface area (Å²) in [5, 5.41) is 10.2. The summed E-state index contributed by atoms with van der Waals surface area (Å²) in [6.07, 6.45) is 5.09. The van der Waals surface area contributed by atoms with E-state index >= 15 is 0 Å². The van der Waals surface area contributed by atoms with Crippen molar-refractivity contribution in [3.05, 3.63) is 0 Å². The van der Waals surface area contributed by atoms with E-state index in [4.69, 9.17) is 4.74 Å². The Labute approximate surface area is 116 Å². The quantitative estimate of drug-likeness (QED) is 0.853. The number of rotatable bonds is 4. The zero-order chi connectivity index (χ0) is 14.0. The summed E-state index contributed by atoms with van der Waals surface area (Å²) in [7, 11) is 0. The number of hydrogen-bond donors (Lipinski definition) is 1. The number of amides is 1. The molecule has 1 saturated carbocycles. The predicted octanol–water partition coefficient (Wildman–Crippen LogP) is 2.79. The molecule has 2 atom stereocenters. The number of carbonyl (C=O) groups is 1. The number of likely N-dealkylation sites (tertiary alicyclic amines) is 1. The van der Waals surface area contributed by atoms with Gasteiger partial charge in [-0.05, 0) is 46.0 Å². The maximum Gasteiger partial charge on any atom is 0.410 e. The number of hydrogen-bond acceptors (Lipinski definition) is 3. The van der Waals surface area contributed by atoms with Gasteiger partial charge in [-0.25, -0.2) is 4.79 Å². The highest BCUT2D eigenvalue weighted by Crippen LogP contribution is 2.35. The van der Waals surface area contributed by atoms with Gasteiger partial charge in [0.15, 0.2) is 0 Å². The molecule has 2 aliphatic rings. The SMILES string of the molecule is CC(C)(C)OC(=O)N1CCC(C(O)CCC2CC2)C1. The molecule has 2 fully saturated rings. The monoisotopic (exact) mass is 269 g/mol. The lowest BCUT2D eigenvalue weighted by atomic mass is 9.97. The Kier molecular flexibility index (Phi) is 4.39. The van der Waals surface area contributed by atoms with Crippen molar-refractivity contribution in [1.29, 1.82) is 0 Å². The molecule has 0 bridgehead atoms. The molecule has 0 aromatic carbocycles. The first kappa shape index (κ1) is 14.6. The van der Waals surface area contributed by atoms with Crippen LogP contribution in [0.4, 0.5) is 4.79 Å². The molecule has 0 radical (unpaired) electrons. The fourth-order valence-electron chi connectivity index (χ4n) is 2.64. The smallest absolute Gasteiger partial charge is 0.410 e. The fourth-order valence-corrected chi connectivity index (χ4v) is 2.64. The number of nitrogens with zero attached hydrogens (tertiary/aromatic N) is 1. The third-order valence-electron chi connectivity index (χ3n) is 3.99. The van der Waals surface area contributed by atoms with Crippen molar-refractivity contribution in [3.8, 4) is 0 Å². The van der Waals surface area contributed by atoms with E-state index in [0.717, 1.165) is 25.2 Å². The van der Waals surface area contributed by atoms with Crippen molar-refractivity contribution < 1.29 is 14.6 Å². The molecule has 1 saturated heterocycles. The van der Waals surface area contributed by atoms with Gasteiger partial charge in [0, 0.05) is 19.0 Å². The summed E-state index contributed by atoms with van der Waals surface area (Å²) in [5.74, 6) is 1.09. The van der Waals surface area contributed by atoms with Crippen molar-refractivity contribution in [2.45, 2.75) is 64.6 Å². The minimum atomic E-state index is -0.445.